The minimum atomic E-state index is -2.90. The molecule has 2 rings (SSSR count). The lowest BCUT2D eigenvalue weighted by atomic mass is 10.2. The third-order valence-electron chi connectivity index (χ3n) is 2.91. The van der Waals surface area contributed by atoms with Gasteiger partial charge in [-0.05, 0) is 24.3 Å². The van der Waals surface area contributed by atoms with Gasteiger partial charge in [0.05, 0.1) is 6.10 Å². The largest absolute Gasteiger partial charge is 0.566 e. The molecule has 104 valence electrons. The Kier molecular flexibility index (Phi) is 4.26. The Bertz CT molecular complexity index is 594. The summed E-state index contributed by atoms with van der Waals surface area (Å²) in [5, 5.41) is 0. The molecule has 1 N–H and O–H groups in total. The fourth-order valence-corrected chi connectivity index (χ4v) is 2.25. The number of rotatable bonds is 4. The van der Waals surface area contributed by atoms with Crippen molar-refractivity contribution in [3.05, 3.63) is 32.6 Å². The molecule has 0 radical (unpaired) electrons. The maximum absolute atomic E-state index is 11.7. The van der Waals surface area contributed by atoms with Crippen molar-refractivity contribution in [1.29, 1.82) is 0 Å². The van der Waals surface area contributed by atoms with Crippen LogP contribution in [0.1, 0.15) is 24.6 Å². The molecule has 0 aromatic carbocycles. The number of nitrogens with one attached hydrogen (secondary N) is 1. The molecule has 1 fully saturated rings. The van der Waals surface area contributed by atoms with Gasteiger partial charge in [0.1, 0.15) is 12.8 Å². The number of ether oxygens (including phenoxy) is 1. The molecule has 1 aromatic heterocycles. The zero-order chi connectivity index (χ0) is 14.0. The molecule has 0 amide bonds. The second kappa shape index (κ2) is 5.75. The van der Waals surface area contributed by atoms with Crippen LogP contribution < -0.4 is 16.1 Å². The molecular formula is C10H13N2O6P. The van der Waals surface area contributed by atoms with E-state index < -0.39 is 25.7 Å². The first-order valence-electron chi connectivity index (χ1n) is 5.72. The molecule has 19 heavy (non-hydrogen) atoms. The quantitative estimate of drug-likeness (QED) is 0.751. The summed E-state index contributed by atoms with van der Waals surface area (Å²) < 4.78 is 21.6. The Morgan fingerprint density at radius 3 is 3.00 bits per heavy atom. The van der Waals surface area contributed by atoms with E-state index in [1.165, 1.54) is 10.8 Å². The second-order valence-electron chi connectivity index (χ2n) is 4.29. The number of nitrogens with zero attached hydrogens (tertiary/aromatic N) is 1. The Balaban J connectivity index is 2.09. The van der Waals surface area contributed by atoms with Crippen LogP contribution in [0.5, 0.6) is 0 Å². The molecule has 0 bridgehead atoms. The van der Waals surface area contributed by atoms with E-state index in [4.69, 9.17) is 4.74 Å². The highest BCUT2D eigenvalue weighted by atomic mass is 31.1. The summed E-state index contributed by atoms with van der Waals surface area (Å²) >= 11 is 0. The van der Waals surface area contributed by atoms with Crippen molar-refractivity contribution in [2.24, 2.45) is 0 Å². The molecule has 0 spiro atoms. The zero-order valence-corrected chi connectivity index (χ0v) is 11.1. The molecule has 1 aliphatic rings. The first-order valence-corrected chi connectivity index (χ1v) is 6.81. The number of hydrogen-bond donors (Lipinski definition) is 1. The monoisotopic (exact) mass is 288 g/mol. The Labute approximate surface area is 108 Å². The second-order valence-corrected chi connectivity index (χ2v) is 4.99. The number of aromatic amines is 1. The van der Waals surface area contributed by atoms with E-state index in [0.29, 0.717) is 18.4 Å². The summed E-state index contributed by atoms with van der Waals surface area (Å²) in [7, 11) is -2.90. The topological polar surface area (TPSA) is 113 Å². The highest BCUT2D eigenvalue weighted by Gasteiger charge is 2.29. The van der Waals surface area contributed by atoms with Crippen molar-refractivity contribution in [2.45, 2.75) is 32.1 Å². The van der Waals surface area contributed by atoms with Crippen molar-refractivity contribution in [2.75, 3.05) is 6.61 Å². The van der Waals surface area contributed by atoms with Crippen molar-refractivity contribution < 1.29 is 18.7 Å². The van der Waals surface area contributed by atoms with Gasteiger partial charge in [0, 0.05) is 11.8 Å². The first-order chi connectivity index (χ1) is 8.97. The van der Waals surface area contributed by atoms with E-state index in [-0.39, 0.29) is 12.7 Å². The van der Waals surface area contributed by atoms with Gasteiger partial charge in [-0.1, -0.05) is 0 Å². The molecule has 8 nitrogen and oxygen atoms in total. The summed E-state index contributed by atoms with van der Waals surface area (Å²) in [6.45, 7) is 1.53. The normalized spacial score (nSPS) is 23.6. The van der Waals surface area contributed by atoms with Crippen molar-refractivity contribution in [3.63, 3.8) is 0 Å². The minimum Gasteiger partial charge on any atom is -0.566 e. The van der Waals surface area contributed by atoms with Crippen molar-refractivity contribution in [1.82, 2.24) is 9.55 Å². The smallest absolute Gasteiger partial charge is 0.488 e. The van der Waals surface area contributed by atoms with Crippen molar-refractivity contribution in [3.8, 4) is 0 Å². The Morgan fingerprint density at radius 2 is 2.32 bits per heavy atom. The number of aromatic nitrogens is 2. The third-order valence-corrected chi connectivity index (χ3v) is 3.27. The van der Waals surface area contributed by atoms with Gasteiger partial charge in [0.15, 0.2) is 0 Å². The predicted molar refractivity (Wildman–Crippen MR) is 62.8 cm³/mol. The Hall–Kier alpha value is -1.34. The molecule has 1 saturated heterocycles. The first kappa shape index (κ1) is 14.1. The molecule has 3 unspecified atom stereocenters. The lowest BCUT2D eigenvalue weighted by Crippen LogP contribution is -2.33. The molecule has 3 atom stereocenters. The maximum atomic E-state index is 11.7. The van der Waals surface area contributed by atoms with E-state index in [9.17, 15) is 19.0 Å². The summed E-state index contributed by atoms with van der Waals surface area (Å²) in [5.41, 5.74) is -0.565. The van der Waals surface area contributed by atoms with E-state index >= 15 is 0 Å². The Morgan fingerprint density at radius 1 is 1.58 bits per heavy atom. The van der Waals surface area contributed by atoms with Gasteiger partial charge in [-0.3, -0.25) is 14.3 Å². The van der Waals surface area contributed by atoms with Crippen LogP contribution in [0.4, 0.5) is 0 Å². The number of hydrogen-bond acceptors (Lipinski definition) is 6. The van der Waals surface area contributed by atoms with Gasteiger partial charge in [0.2, 0.25) is 0 Å². The molecule has 0 saturated carbocycles. The van der Waals surface area contributed by atoms with Crippen molar-refractivity contribution >= 4 is 8.25 Å². The van der Waals surface area contributed by atoms with E-state index in [0.717, 1.165) is 0 Å². The van der Waals surface area contributed by atoms with Crippen LogP contribution in [0, 0.1) is 6.92 Å². The van der Waals surface area contributed by atoms with E-state index in [1.54, 1.807) is 6.92 Å². The lowest BCUT2D eigenvalue weighted by Gasteiger charge is -2.14. The summed E-state index contributed by atoms with van der Waals surface area (Å²) in [5.74, 6) is 0. The summed E-state index contributed by atoms with van der Waals surface area (Å²) in [6.07, 6.45) is 1.68. The minimum absolute atomic E-state index is 0.0632. The molecule has 9 heteroatoms. The number of aryl methyl sites for hydroxylation is 1. The van der Waals surface area contributed by atoms with Gasteiger partial charge in [0.25, 0.3) is 5.56 Å². The van der Waals surface area contributed by atoms with Gasteiger partial charge in [-0.2, -0.15) is 0 Å². The van der Waals surface area contributed by atoms with Crippen LogP contribution in [0.25, 0.3) is 0 Å². The average Bonchev–Trinajstić information content (AvgIpc) is 2.80. The number of H-pyrrole nitrogens is 1. The van der Waals surface area contributed by atoms with Gasteiger partial charge in [-0.15, -0.1) is 4.52 Å². The van der Waals surface area contributed by atoms with Crippen LogP contribution in [0.2, 0.25) is 0 Å². The van der Waals surface area contributed by atoms with Gasteiger partial charge < -0.3 is 9.63 Å². The van der Waals surface area contributed by atoms with E-state index in [1.807, 2.05) is 0 Å². The fraction of sp³-hybridized carbons (Fsp3) is 0.600. The molecule has 1 aliphatic heterocycles. The van der Waals surface area contributed by atoms with Crippen LogP contribution >= 0.6 is 8.25 Å². The van der Waals surface area contributed by atoms with Crippen LogP contribution in [0.3, 0.4) is 0 Å². The fourth-order valence-electron chi connectivity index (χ4n) is 1.96. The zero-order valence-electron chi connectivity index (χ0n) is 10.2. The van der Waals surface area contributed by atoms with Gasteiger partial charge >= 0.3 is 13.9 Å². The van der Waals surface area contributed by atoms with Crippen LogP contribution in [0.15, 0.2) is 15.8 Å². The lowest BCUT2D eigenvalue weighted by molar-refractivity contribution is -0.188. The maximum Gasteiger partial charge on any atom is 0.488 e. The molecule has 1 aromatic rings. The van der Waals surface area contributed by atoms with Crippen LogP contribution in [-0.4, -0.2) is 22.3 Å². The molecule has 2 heterocycles. The van der Waals surface area contributed by atoms with E-state index in [2.05, 4.69) is 9.51 Å². The SMILES string of the molecule is Cc1cn(C2CCC(CO[P+](=O)[O-])O2)c(=O)[nH]c1=O. The predicted octanol–water partition coefficient (Wildman–Crippen LogP) is -0.443. The summed E-state index contributed by atoms with van der Waals surface area (Å²) in [6, 6.07) is 0. The standard InChI is InChI=1S/C10H13N2O6P/c1-6-4-12(10(14)11-9(6)13)8-3-2-7(18-8)5-17-19(15)16/h4,7-8H,2-3,5H2,1H3,(H,11,13,14). The summed E-state index contributed by atoms with van der Waals surface area (Å²) in [4.78, 5) is 35.4. The molecule has 0 aliphatic carbocycles. The average molecular weight is 288 g/mol. The third kappa shape index (κ3) is 3.36. The highest BCUT2D eigenvalue weighted by molar-refractivity contribution is 7.30. The van der Waals surface area contributed by atoms with Gasteiger partial charge in [-0.25, -0.2) is 4.79 Å². The molecular weight excluding hydrogens is 275 g/mol. The van der Waals surface area contributed by atoms with Crippen LogP contribution in [-0.2, 0) is 13.8 Å². The highest BCUT2D eigenvalue weighted by Crippen LogP contribution is 2.28.